The molecule has 0 saturated heterocycles. The molecule has 1 aliphatic rings. The Bertz CT molecular complexity index is 1410. The average Bonchev–Trinajstić information content (AvgIpc) is 3.01. The fraction of sp³-hybridized carbons (Fsp3) is 0.250. The number of benzene rings is 2. The minimum atomic E-state index is -3.84. The summed E-state index contributed by atoms with van der Waals surface area (Å²) in [6.07, 6.45) is 5.03. The molecule has 3 aromatic rings. The molecule has 0 atom stereocenters. The van der Waals surface area contributed by atoms with Gasteiger partial charge in [0, 0.05) is 10.6 Å². The van der Waals surface area contributed by atoms with Crippen LogP contribution in [0.1, 0.15) is 40.1 Å². The zero-order valence-electron chi connectivity index (χ0n) is 19.2. The summed E-state index contributed by atoms with van der Waals surface area (Å²) in [7, 11) is -2.47. The molecule has 7 nitrogen and oxygen atoms in total. The van der Waals surface area contributed by atoms with E-state index in [2.05, 4.69) is 15.4 Å². The summed E-state index contributed by atoms with van der Waals surface area (Å²) >= 11 is 18.8. The first kappa shape index (κ1) is 26.7. The highest BCUT2D eigenvalue weighted by Crippen LogP contribution is 2.38. The lowest BCUT2D eigenvalue weighted by molar-refractivity contribution is 0.0601. The van der Waals surface area contributed by atoms with Gasteiger partial charge in [0.05, 0.1) is 33.3 Å². The van der Waals surface area contributed by atoms with Crippen molar-refractivity contribution in [2.45, 2.75) is 37.0 Å². The number of anilines is 3. The van der Waals surface area contributed by atoms with Crippen LogP contribution in [0.3, 0.4) is 0 Å². The van der Waals surface area contributed by atoms with Crippen LogP contribution in [0.2, 0.25) is 10.0 Å². The van der Waals surface area contributed by atoms with E-state index in [1.54, 1.807) is 12.1 Å². The van der Waals surface area contributed by atoms with Crippen LogP contribution < -0.4 is 15.4 Å². The Kier molecular flexibility index (Phi) is 8.41. The Morgan fingerprint density at radius 3 is 2.36 bits per heavy atom. The number of thiophene rings is 1. The molecule has 4 rings (SSSR count). The van der Waals surface area contributed by atoms with Crippen LogP contribution in [0.4, 0.5) is 16.4 Å². The Morgan fingerprint density at radius 2 is 1.67 bits per heavy atom. The maximum absolute atomic E-state index is 12.7. The molecule has 12 heteroatoms. The molecule has 3 N–H and O–H groups in total. The number of hydrogen-bond donors (Lipinski definition) is 3. The SMILES string of the molecule is COC(=O)c1c(NC(=S)Nc2ccc(S(=O)(=O)Nc3ccc(Cl)c(Cl)c3)cc2)sc2c1CCCCC2. The number of aryl methyl sites for hydroxylation is 1. The molecule has 0 bridgehead atoms. The van der Waals surface area contributed by atoms with Crippen LogP contribution in [0.15, 0.2) is 47.4 Å². The number of nitrogens with one attached hydrogen (secondary N) is 3. The van der Waals surface area contributed by atoms with E-state index in [9.17, 15) is 13.2 Å². The predicted molar refractivity (Wildman–Crippen MR) is 150 cm³/mol. The summed E-state index contributed by atoms with van der Waals surface area (Å²) in [5.41, 5.74) is 2.46. The molecule has 190 valence electrons. The largest absolute Gasteiger partial charge is 0.465 e. The Labute approximate surface area is 229 Å². The van der Waals surface area contributed by atoms with Crippen LogP contribution in [0.5, 0.6) is 0 Å². The second kappa shape index (κ2) is 11.4. The summed E-state index contributed by atoms with van der Waals surface area (Å²) < 4.78 is 33.0. The quantitative estimate of drug-likeness (QED) is 0.168. The fourth-order valence-electron chi connectivity index (χ4n) is 3.91. The van der Waals surface area contributed by atoms with E-state index in [0.717, 1.165) is 37.7 Å². The second-order valence-corrected chi connectivity index (χ2v) is 12.1. The zero-order valence-corrected chi connectivity index (χ0v) is 23.2. The average molecular weight is 585 g/mol. The molecule has 1 aromatic heterocycles. The Morgan fingerprint density at radius 1 is 0.972 bits per heavy atom. The number of halogens is 2. The number of ether oxygens (including phenoxy) is 1. The molecule has 0 amide bonds. The van der Waals surface area contributed by atoms with Gasteiger partial charge in [0.1, 0.15) is 5.00 Å². The first-order valence-corrected chi connectivity index (χ1v) is 14.5. The van der Waals surface area contributed by atoms with Crippen molar-refractivity contribution in [1.82, 2.24) is 0 Å². The molecule has 0 saturated carbocycles. The topological polar surface area (TPSA) is 96.5 Å². The first-order valence-electron chi connectivity index (χ1n) is 11.1. The maximum Gasteiger partial charge on any atom is 0.341 e. The summed E-state index contributed by atoms with van der Waals surface area (Å²) in [5.74, 6) is -0.385. The number of hydrogen-bond acceptors (Lipinski definition) is 6. The highest BCUT2D eigenvalue weighted by Gasteiger charge is 2.26. The van der Waals surface area contributed by atoms with E-state index >= 15 is 0 Å². The number of thiocarbonyl (C=S) groups is 1. The van der Waals surface area contributed by atoms with Crippen molar-refractivity contribution >= 4 is 84.2 Å². The molecule has 1 aliphatic carbocycles. The molecule has 0 aliphatic heterocycles. The maximum atomic E-state index is 12.7. The van der Waals surface area contributed by atoms with Crippen molar-refractivity contribution in [3.8, 4) is 0 Å². The third-order valence-electron chi connectivity index (χ3n) is 5.63. The first-order chi connectivity index (χ1) is 17.2. The minimum Gasteiger partial charge on any atom is -0.465 e. The number of rotatable bonds is 6. The highest BCUT2D eigenvalue weighted by atomic mass is 35.5. The van der Waals surface area contributed by atoms with Gasteiger partial charge in [-0.25, -0.2) is 13.2 Å². The Hall–Kier alpha value is -2.37. The molecule has 0 spiro atoms. The molecule has 1 heterocycles. The summed E-state index contributed by atoms with van der Waals surface area (Å²) in [6.45, 7) is 0. The van der Waals surface area contributed by atoms with Crippen molar-refractivity contribution in [2.24, 2.45) is 0 Å². The van der Waals surface area contributed by atoms with Gasteiger partial charge in [0.15, 0.2) is 5.11 Å². The lowest BCUT2D eigenvalue weighted by Crippen LogP contribution is -2.20. The second-order valence-electron chi connectivity index (χ2n) is 8.10. The predicted octanol–water partition coefficient (Wildman–Crippen LogP) is 6.72. The van der Waals surface area contributed by atoms with E-state index in [4.69, 9.17) is 40.2 Å². The molecular formula is C24H23Cl2N3O4S3. The zero-order chi connectivity index (χ0) is 25.9. The van der Waals surface area contributed by atoms with Gasteiger partial charge in [-0.15, -0.1) is 11.3 Å². The van der Waals surface area contributed by atoms with Crippen molar-refractivity contribution in [2.75, 3.05) is 22.5 Å². The van der Waals surface area contributed by atoms with Gasteiger partial charge in [-0.1, -0.05) is 29.6 Å². The molecular weight excluding hydrogens is 561 g/mol. The van der Waals surface area contributed by atoms with Crippen LogP contribution in [0.25, 0.3) is 0 Å². The fourth-order valence-corrected chi connectivity index (χ4v) is 6.82. The summed E-state index contributed by atoms with van der Waals surface area (Å²) in [6, 6.07) is 10.6. The Balaban J connectivity index is 1.46. The number of carbonyl (C=O) groups is 1. The molecule has 0 radical (unpaired) electrons. The molecule has 0 fully saturated rings. The standard InChI is InChI=1S/C24H23Cl2N3O4S3/c1-33-23(30)21-17-5-3-2-4-6-20(17)35-22(21)28-24(34)27-14-7-10-16(11-8-14)36(31,32)29-15-9-12-18(25)19(26)13-15/h7-13,29H,2-6H2,1H3,(H2,27,28,34). The lowest BCUT2D eigenvalue weighted by atomic mass is 10.1. The van der Waals surface area contributed by atoms with Crippen molar-refractivity contribution in [3.05, 3.63) is 68.5 Å². The van der Waals surface area contributed by atoms with E-state index in [1.807, 2.05) is 0 Å². The van der Waals surface area contributed by atoms with E-state index in [0.29, 0.717) is 27.0 Å². The van der Waals surface area contributed by atoms with Crippen LogP contribution in [0, 0.1) is 0 Å². The molecule has 2 aromatic carbocycles. The van der Waals surface area contributed by atoms with Gasteiger partial charge in [0.2, 0.25) is 0 Å². The van der Waals surface area contributed by atoms with Gasteiger partial charge in [0.25, 0.3) is 10.0 Å². The van der Waals surface area contributed by atoms with Crippen LogP contribution in [-0.2, 0) is 27.6 Å². The van der Waals surface area contributed by atoms with Gasteiger partial charge in [-0.05, 0) is 85.9 Å². The van der Waals surface area contributed by atoms with Gasteiger partial charge in [-0.2, -0.15) is 0 Å². The van der Waals surface area contributed by atoms with Crippen molar-refractivity contribution < 1.29 is 17.9 Å². The summed E-state index contributed by atoms with van der Waals surface area (Å²) in [4.78, 5) is 13.8. The number of methoxy groups -OCH3 is 1. The smallest absolute Gasteiger partial charge is 0.341 e. The van der Waals surface area contributed by atoms with E-state index < -0.39 is 10.0 Å². The van der Waals surface area contributed by atoms with Gasteiger partial charge in [-0.3, -0.25) is 4.72 Å². The normalized spacial score (nSPS) is 13.3. The van der Waals surface area contributed by atoms with E-state index in [-0.39, 0.29) is 21.0 Å². The van der Waals surface area contributed by atoms with Crippen molar-refractivity contribution in [1.29, 1.82) is 0 Å². The van der Waals surface area contributed by atoms with Crippen LogP contribution >= 0.6 is 46.8 Å². The summed E-state index contributed by atoms with van der Waals surface area (Å²) in [5, 5.41) is 7.66. The van der Waals surface area contributed by atoms with E-state index in [1.165, 1.54) is 53.7 Å². The van der Waals surface area contributed by atoms with Crippen LogP contribution in [-0.4, -0.2) is 26.6 Å². The van der Waals surface area contributed by atoms with Gasteiger partial charge >= 0.3 is 5.97 Å². The van der Waals surface area contributed by atoms with Crippen molar-refractivity contribution in [3.63, 3.8) is 0 Å². The lowest BCUT2D eigenvalue weighted by Gasteiger charge is -2.12. The third kappa shape index (κ3) is 6.12. The number of carbonyl (C=O) groups excluding carboxylic acids is 1. The van der Waals surface area contributed by atoms with Gasteiger partial charge < -0.3 is 15.4 Å². The number of sulfonamides is 1. The monoisotopic (exact) mass is 583 g/mol. The molecule has 36 heavy (non-hydrogen) atoms. The minimum absolute atomic E-state index is 0.0629. The highest BCUT2D eigenvalue weighted by molar-refractivity contribution is 7.92. The molecule has 0 unspecified atom stereocenters. The number of esters is 1. The third-order valence-corrected chi connectivity index (χ3v) is 9.18. The number of fused-ring (bicyclic) bond motifs is 1.